The normalized spacial score (nSPS) is 14.3. The van der Waals surface area contributed by atoms with Crippen LogP contribution >= 0.6 is 0 Å². The van der Waals surface area contributed by atoms with E-state index in [2.05, 4.69) is 91.8 Å². The first-order valence-corrected chi connectivity index (χ1v) is 14.6. The lowest BCUT2D eigenvalue weighted by Gasteiger charge is -2.33. The van der Waals surface area contributed by atoms with Crippen molar-refractivity contribution in [1.29, 1.82) is 0 Å². The van der Waals surface area contributed by atoms with Crippen LogP contribution in [0.1, 0.15) is 86.5 Å². The van der Waals surface area contributed by atoms with Crippen LogP contribution in [0.5, 0.6) is 0 Å². The Morgan fingerprint density at radius 2 is 0.946 bits per heavy atom. The molecule has 0 saturated carbocycles. The lowest BCUT2D eigenvalue weighted by molar-refractivity contribution is -0.870. The zero-order chi connectivity index (χ0) is 27.1. The zero-order valence-corrected chi connectivity index (χ0v) is 24.9. The van der Waals surface area contributed by atoms with Gasteiger partial charge in [0, 0.05) is 5.41 Å². The van der Waals surface area contributed by atoms with Gasteiger partial charge < -0.3 is 8.97 Å². The van der Waals surface area contributed by atoms with E-state index in [1.54, 1.807) is 11.1 Å². The summed E-state index contributed by atoms with van der Waals surface area (Å²) in [4.78, 5) is 0. The van der Waals surface area contributed by atoms with Gasteiger partial charge in [-0.1, -0.05) is 87.4 Å². The van der Waals surface area contributed by atoms with E-state index in [1.807, 2.05) is 12.2 Å². The summed E-state index contributed by atoms with van der Waals surface area (Å²) in [5, 5.41) is 0. The maximum atomic E-state index is 4.10. The Labute approximate surface area is 228 Å². The first kappa shape index (κ1) is 29.4. The first-order chi connectivity index (χ1) is 17.5. The third kappa shape index (κ3) is 7.91. The molecule has 1 aliphatic carbocycles. The molecule has 2 aromatic carbocycles. The monoisotopic (exact) mass is 502 g/mol. The fraction of sp³-hybridized carbons (Fsp3) is 0.543. The minimum Gasteiger partial charge on any atom is -0.331 e. The van der Waals surface area contributed by atoms with E-state index >= 15 is 0 Å². The molecule has 0 amide bonds. The Bertz CT molecular complexity index is 962. The highest BCUT2D eigenvalue weighted by atomic mass is 15.3. The third-order valence-electron chi connectivity index (χ3n) is 8.24. The quantitative estimate of drug-likeness (QED) is 0.159. The Morgan fingerprint density at radius 1 is 0.568 bits per heavy atom. The second-order valence-corrected chi connectivity index (χ2v) is 13.5. The van der Waals surface area contributed by atoms with E-state index in [0.717, 1.165) is 8.97 Å². The molecular weight excluding hydrogens is 448 g/mol. The predicted octanol–water partition coefficient (Wildman–Crippen LogP) is 8.55. The van der Waals surface area contributed by atoms with Gasteiger partial charge in [0.25, 0.3) is 0 Å². The highest BCUT2D eigenvalue weighted by Gasteiger charge is 2.42. The van der Waals surface area contributed by atoms with Gasteiger partial charge in [-0.25, -0.2) is 0 Å². The average molecular weight is 503 g/mol. The van der Waals surface area contributed by atoms with Crippen molar-refractivity contribution in [3.05, 3.63) is 71.8 Å². The smallest absolute Gasteiger partial charge is 0.0780 e. The molecule has 0 bridgehead atoms. The minimum atomic E-state index is 0.100. The number of hydrogen-bond donors (Lipinski definition) is 0. The number of quaternary nitrogens is 2. The van der Waals surface area contributed by atoms with Gasteiger partial charge in [0.15, 0.2) is 0 Å². The fourth-order valence-corrected chi connectivity index (χ4v) is 6.18. The van der Waals surface area contributed by atoms with Crippen LogP contribution in [0.15, 0.2) is 49.6 Å². The molecule has 0 radical (unpaired) electrons. The van der Waals surface area contributed by atoms with E-state index in [-0.39, 0.29) is 5.41 Å². The van der Waals surface area contributed by atoms with Crippen molar-refractivity contribution in [3.63, 3.8) is 0 Å². The maximum absolute atomic E-state index is 4.10. The summed E-state index contributed by atoms with van der Waals surface area (Å²) >= 11 is 0. The van der Waals surface area contributed by atoms with Crippen LogP contribution in [0.3, 0.4) is 0 Å². The number of fused-ring (bicyclic) bond motifs is 3. The number of hydrogen-bond acceptors (Lipinski definition) is 0. The Balaban J connectivity index is 1.85. The van der Waals surface area contributed by atoms with Gasteiger partial charge in [-0.2, -0.15) is 0 Å². The van der Waals surface area contributed by atoms with Crippen LogP contribution in [0.25, 0.3) is 23.3 Å². The van der Waals surface area contributed by atoms with Crippen molar-refractivity contribution in [2.24, 2.45) is 0 Å². The minimum absolute atomic E-state index is 0.100. The van der Waals surface area contributed by atoms with Gasteiger partial charge >= 0.3 is 0 Å². The Hall–Kier alpha value is -2.16. The van der Waals surface area contributed by atoms with Crippen molar-refractivity contribution < 1.29 is 8.97 Å². The van der Waals surface area contributed by atoms with Gasteiger partial charge in [-0.05, 0) is 71.9 Å². The van der Waals surface area contributed by atoms with E-state index in [1.165, 1.54) is 99.6 Å². The Morgan fingerprint density at radius 3 is 1.30 bits per heavy atom. The number of rotatable bonds is 16. The zero-order valence-electron chi connectivity index (χ0n) is 24.9. The molecular formula is C35H54N2+2. The summed E-state index contributed by atoms with van der Waals surface area (Å²) in [7, 11) is 13.8. The SMILES string of the molecule is C=Cc1ccc2c(c1)C(CCCCCC[N+](C)(C)C)(CCCCCC[N+](C)(C)C)c1cc(C=C)ccc1-2. The summed E-state index contributed by atoms with van der Waals surface area (Å²) in [5.74, 6) is 0. The molecule has 0 atom stereocenters. The van der Waals surface area contributed by atoms with Crippen LogP contribution in [-0.2, 0) is 5.41 Å². The molecule has 2 nitrogen and oxygen atoms in total. The standard InChI is InChI=1S/C35H54N2/c1-9-29-19-21-31-32-22-20-30(10-2)28-34(32)35(33(31)27-29,23-15-11-13-17-25-36(3,4)5)24-16-12-14-18-26-37(6,7)8/h9-10,19-22,27-28H,1-2,11-18,23-26H2,3-8H3/q+2. The van der Waals surface area contributed by atoms with Crippen molar-refractivity contribution >= 4 is 12.2 Å². The predicted molar refractivity (Wildman–Crippen MR) is 165 cm³/mol. The lowest BCUT2D eigenvalue weighted by atomic mass is 9.70. The summed E-state index contributed by atoms with van der Waals surface area (Å²) in [6.07, 6.45) is 17.0. The molecule has 2 heteroatoms. The number of nitrogens with zero attached hydrogens (tertiary/aromatic N) is 2. The van der Waals surface area contributed by atoms with Crippen molar-refractivity contribution in [2.45, 2.75) is 69.6 Å². The molecule has 2 aromatic rings. The molecule has 0 aromatic heterocycles. The van der Waals surface area contributed by atoms with Crippen LogP contribution in [-0.4, -0.2) is 64.3 Å². The van der Waals surface area contributed by atoms with E-state index in [9.17, 15) is 0 Å². The van der Waals surface area contributed by atoms with E-state index in [0.29, 0.717) is 0 Å². The molecule has 1 aliphatic rings. The maximum Gasteiger partial charge on any atom is 0.0780 e. The van der Waals surface area contributed by atoms with Crippen LogP contribution in [0.4, 0.5) is 0 Å². The highest BCUT2D eigenvalue weighted by Crippen LogP contribution is 2.54. The molecule has 0 fully saturated rings. The third-order valence-corrected chi connectivity index (χ3v) is 8.24. The van der Waals surface area contributed by atoms with Crippen LogP contribution in [0.2, 0.25) is 0 Å². The first-order valence-electron chi connectivity index (χ1n) is 14.6. The summed E-state index contributed by atoms with van der Waals surface area (Å²) < 4.78 is 2.13. The van der Waals surface area contributed by atoms with Gasteiger partial charge in [-0.15, -0.1) is 0 Å². The van der Waals surface area contributed by atoms with Gasteiger partial charge in [0.2, 0.25) is 0 Å². The average Bonchev–Trinajstić information content (AvgIpc) is 3.10. The second kappa shape index (κ2) is 12.6. The fourth-order valence-electron chi connectivity index (χ4n) is 6.18. The molecule has 0 saturated heterocycles. The van der Waals surface area contributed by atoms with Gasteiger partial charge in [-0.3, -0.25) is 0 Å². The molecule has 0 aliphatic heterocycles. The van der Waals surface area contributed by atoms with Crippen LogP contribution < -0.4 is 0 Å². The topological polar surface area (TPSA) is 0 Å². The van der Waals surface area contributed by atoms with Crippen molar-refractivity contribution in [1.82, 2.24) is 0 Å². The van der Waals surface area contributed by atoms with Crippen LogP contribution in [0, 0.1) is 0 Å². The molecule has 0 heterocycles. The van der Waals surface area contributed by atoms with E-state index in [4.69, 9.17) is 0 Å². The lowest BCUT2D eigenvalue weighted by Crippen LogP contribution is -2.35. The summed E-state index contributed by atoms with van der Waals surface area (Å²) in [6.45, 7) is 10.7. The largest absolute Gasteiger partial charge is 0.331 e. The Kier molecular flexibility index (Phi) is 10.0. The molecule has 202 valence electrons. The number of unbranched alkanes of at least 4 members (excludes halogenated alkanes) is 6. The summed E-state index contributed by atoms with van der Waals surface area (Å²) in [5.41, 5.74) is 8.54. The molecule has 3 rings (SSSR count). The molecule has 0 spiro atoms. The summed E-state index contributed by atoms with van der Waals surface area (Å²) in [6, 6.07) is 14.1. The number of benzene rings is 2. The van der Waals surface area contributed by atoms with E-state index < -0.39 is 0 Å². The van der Waals surface area contributed by atoms with Crippen molar-refractivity contribution in [2.75, 3.05) is 55.4 Å². The second-order valence-electron chi connectivity index (χ2n) is 13.5. The van der Waals surface area contributed by atoms with Crippen molar-refractivity contribution in [3.8, 4) is 11.1 Å². The van der Waals surface area contributed by atoms with Gasteiger partial charge in [0.1, 0.15) is 0 Å². The molecule has 37 heavy (non-hydrogen) atoms. The molecule has 0 N–H and O–H groups in total. The highest BCUT2D eigenvalue weighted by molar-refractivity contribution is 5.83. The van der Waals surface area contributed by atoms with Gasteiger partial charge in [0.05, 0.1) is 55.4 Å². The molecule has 0 unspecified atom stereocenters.